The molecule has 1 aromatic carbocycles. The second kappa shape index (κ2) is 6.64. The van der Waals surface area contributed by atoms with Crippen LogP contribution >= 0.6 is 0 Å². The van der Waals surface area contributed by atoms with Crippen LogP contribution in [-0.4, -0.2) is 19.0 Å². The molecule has 2 unspecified atom stereocenters. The van der Waals surface area contributed by atoms with E-state index in [4.69, 9.17) is 5.26 Å². The van der Waals surface area contributed by atoms with E-state index in [-0.39, 0.29) is 5.75 Å². The fraction of sp³-hybridized carbons (Fsp3) is 0.250. The van der Waals surface area contributed by atoms with E-state index < -0.39 is 19.0 Å². The van der Waals surface area contributed by atoms with E-state index in [1.807, 2.05) is 0 Å². The Morgan fingerprint density at radius 1 is 1.11 bits per heavy atom. The summed E-state index contributed by atoms with van der Waals surface area (Å²) in [6, 6.07) is 7.33. The predicted molar refractivity (Wildman–Crippen MR) is 57.5 cm³/mol. The molecular weight excluding hydrogens is 250 g/mol. The Morgan fingerprint density at radius 2 is 1.72 bits per heavy atom. The standard InChI is InChI=1S/C12H9F4NO/c13-10(11(14)15)12(16)18-9-5-3-8(4-6-9)2-1-7-17/h1-6,10-12H. The summed E-state index contributed by atoms with van der Waals surface area (Å²) in [5.74, 6) is -0.0695. The van der Waals surface area contributed by atoms with Crippen LogP contribution < -0.4 is 4.74 Å². The Morgan fingerprint density at radius 3 is 2.22 bits per heavy atom. The Hall–Kier alpha value is -2.03. The molecule has 0 aliphatic heterocycles. The maximum absolute atomic E-state index is 12.9. The summed E-state index contributed by atoms with van der Waals surface area (Å²) in [6.07, 6.45) is -6.40. The molecule has 2 nitrogen and oxygen atoms in total. The van der Waals surface area contributed by atoms with Gasteiger partial charge in [0.25, 0.3) is 12.8 Å². The molecule has 2 atom stereocenters. The van der Waals surface area contributed by atoms with Crippen LogP contribution in [0.2, 0.25) is 0 Å². The molecule has 0 spiro atoms. The summed E-state index contributed by atoms with van der Waals surface area (Å²) in [5, 5.41) is 8.29. The third kappa shape index (κ3) is 4.09. The van der Waals surface area contributed by atoms with Crippen LogP contribution in [0, 0.1) is 11.3 Å². The smallest absolute Gasteiger partial charge is 0.275 e. The molecule has 0 saturated heterocycles. The van der Waals surface area contributed by atoms with Crippen molar-refractivity contribution in [3.8, 4) is 11.8 Å². The van der Waals surface area contributed by atoms with Gasteiger partial charge in [-0.05, 0) is 23.8 Å². The molecule has 0 fully saturated rings. The van der Waals surface area contributed by atoms with Gasteiger partial charge in [-0.2, -0.15) is 9.65 Å². The first-order chi connectivity index (χ1) is 8.54. The summed E-state index contributed by atoms with van der Waals surface area (Å²) < 4.78 is 53.5. The minimum Gasteiger partial charge on any atom is -0.457 e. The highest BCUT2D eigenvalue weighted by Crippen LogP contribution is 2.20. The van der Waals surface area contributed by atoms with Crippen LogP contribution in [0.4, 0.5) is 17.6 Å². The molecule has 1 rings (SSSR count). The van der Waals surface area contributed by atoms with Gasteiger partial charge in [0.05, 0.1) is 6.07 Å². The lowest BCUT2D eigenvalue weighted by Gasteiger charge is -2.14. The molecule has 0 amide bonds. The van der Waals surface area contributed by atoms with E-state index in [0.29, 0.717) is 5.56 Å². The zero-order valence-corrected chi connectivity index (χ0v) is 9.06. The quantitative estimate of drug-likeness (QED) is 0.599. The Bertz CT molecular complexity index is 438. The molecule has 96 valence electrons. The first-order valence-corrected chi connectivity index (χ1v) is 4.94. The van der Waals surface area contributed by atoms with E-state index in [9.17, 15) is 17.6 Å². The normalized spacial score (nSPS) is 14.4. The van der Waals surface area contributed by atoms with Crippen molar-refractivity contribution < 1.29 is 22.3 Å². The van der Waals surface area contributed by atoms with Crippen molar-refractivity contribution in [2.24, 2.45) is 0 Å². The number of nitriles is 1. The first kappa shape index (κ1) is 14.0. The molecule has 0 radical (unpaired) electrons. The molecule has 0 N–H and O–H groups in total. The number of ether oxygens (including phenoxy) is 1. The maximum atomic E-state index is 12.9. The largest absolute Gasteiger partial charge is 0.457 e. The second-order valence-electron chi connectivity index (χ2n) is 3.28. The van der Waals surface area contributed by atoms with E-state index in [2.05, 4.69) is 4.74 Å². The molecule has 1 aromatic rings. The van der Waals surface area contributed by atoms with Crippen molar-refractivity contribution in [3.05, 3.63) is 35.9 Å². The number of allylic oxidation sites excluding steroid dienone is 1. The zero-order valence-electron chi connectivity index (χ0n) is 9.06. The van der Waals surface area contributed by atoms with E-state index in [1.165, 1.54) is 36.4 Å². The van der Waals surface area contributed by atoms with Gasteiger partial charge in [0, 0.05) is 6.08 Å². The fourth-order valence-electron chi connectivity index (χ4n) is 1.10. The molecule has 6 heteroatoms. The topological polar surface area (TPSA) is 33.0 Å². The monoisotopic (exact) mass is 259 g/mol. The van der Waals surface area contributed by atoms with Crippen LogP contribution in [-0.2, 0) is 0 Å². The van der Waals surface area contributed by atoms with E-state index in [1.54, 1.807) is 6.07 Å². The lowest BCUT2D eigenvalue weighted by molar-refractivity contribution is -0.0750. The third-order valence-electron chi connectivity index (χ3n) is 1.97. The van der Waals surface area contributed by atoms with Gasteiger partial charge >= 0.3 is 0 Å². The van der Waals surface area contributed by atoms with Gasteiger partial charge in [0.1, 0.15) is 5.75 Å². The summed E-state index contributed by atoms with van der Waals surface area (Å²) in [4.78, 5) is 0. The van der Waals surface area contributed by atoms with Gasteiger partial charge in [-0.1, -0.05) is 12.1 Å². The highest BCUT2D eigenvalue weighted by atomic mass is 19.3. The SMILES string of the molecule is N#CC=Cc1ccc(OC(F)C(F)C(F)F)cc1. The number of alkyl halides is 4. The maximum Gasteiger partial charge on any atom is 0.275 e. The van der Waals surface area contributed by atoms with Crippen LogP contribution in [0.15, 0.2) is 30.3 Å². The first-order valence-electron chi connectivity index (χ1n) is 4.94. The van der Waals surface area contributed by atoms with E-state index in [0.717, 1.165) is 0 Å². The van der Waals surface area contributed by atoms with Gasteiger partial charge in [-0.3, -0.25) is 0 Å². The number of benzene rings is 1. The van der Waals surface area contributed by atoms with Crippen LogP contribution in [0.25, 0.3) is 6.08 Å². The summed E-state index contributed by atoms with van der Waals surface area (Å²) in [7, 11) is 0. The third-order valence-corrected chi connectivity index (χ3v) is 1.97. The molecule has 0 bridgehead atoms. The number of rotatable bonds is 5. The van der Waals surface area contributed by atoms with Crippen molar-refractivity contribution in [2.45, 2.75) is 19.0 Å². The van der Waals surface area contributed by atoms with Crippen molar-refractivity contribution in [2.75, 3.05) is 0 Å². The van der Waals surface area contributed by atoms with Crippen molar-refractivity contribution >= 4 is 6.08 Å². The highest BCUT2D eigenvalue weighted by molar-refractivity contribution is 5.52. The summed E-state index contributed by atoms with van der Waals surface area (Å²) in [5.41, 5.74) is 0.643. The van der Waals surface area contributed by atoms with Gasteiger partial charge in [0.2, 0.25) is 6.17 Å². The highest BCUT2D eigenvalue weighted by Gasteiger charge is 2.31. The molecule has 0 aliphatic carbocycles. The number of halogens is 4. The number of nitrogens with zero attached hydrogens (tertiary/aromatic N) is 1. The molecule has 0 saturated carbocycles. The summed E-state index contributed by atoms with van der Waals surface area (Å²) in [6.45, 7) is 0. The Labute approximate surface area is 101 Å². The average Bonchev–Trinajstić information content (AvgIpc) is 2.36. The second-order valence-corrected chi connectivity index (χ2v) is 3.28. The lowest BCUT2D eigenvalue weighted by atomic mass is 10.2. The Balaban J connectivity index is 2.64. The summed E-state index contributed by atoms with van der Waals surface area (Å²) >= 11 is 0. The zero-order chi connectivity index (χ0) is 13.5. The van der Waals surface area contributed by atoms with Gasteiger partial charge in [-0.15, -0.1) is 0 Å². The van der Waals surface area contributed by atoms with Crippen molar-refractivity contribution in [1.82, 2.24) is 0 Å². The average molecular weight is 259 g/mol. The molecule has 0 aliphatic rings. The van der Waals surface area contributed by atoms with Gasteiger partial charge in [-0.25, -0.2) is 13.2 Å². The minimum atomic E-state index is -3.43. The molecule has 0 heterocycles. The molecule has 18 heavy (non-hydrogen) atoms. The molecular formula is C12H9F4NO. The van der Waals surface area contributed by atoms with Crippen LogP contribution in [0.3, 0.4) is 0 Å². The number of hydrogen-bond acceptors (Lipinski definition) is 2. The predicted octanol–water partition coefficient (Wildman–Crippen LogP) is 3.50. The lowest BCUT2D eigenvalue weighted by Crippen LogP contribution is -2.29. The van der Waals surface area contributed by atoms with Crippen molar-refractivity contribution in [3.63, 3.8) is 0 Å². The Kier molecular flexibility index (Phi) is 5.18. The van der Waals surface area contributed by atoms with Crippen LogP contribution in [0.5, 0.6) is 5.75 Å². The fourth-order valence-corrected chi connectivity index (χ4v) is 1.10. The number of hydrogen-bond donors (Lipinski definition) is 0. The van der Waals surface area contributed by atoms with Gasteiger partial charge < -0.3 is 4.74 Å². The van der Waals surface area contributed by atoms with Crippen LogP contribution in [0.1, 0.15) is 5.56 Å². The minimum absolute atomic E-state index is 0.0695. The van der Waals surface area contributed by atoms with E-state index >= 15 is 0 Å². The molecule has 0 aromatic heterocycles. The van der Waals surface area contributed by atoms with Crippen molar-refractivity contribution in [1.29, 1.82) is 5.26 Å². The van der Waals surface area contributed by atoms with Gasteiger partial charge in [0.15, 0.2) is 0 Å².